The van der Waals surface area contributed by atoms with E-state index in [2.05, 4.69) is 17.6 Å². The Morgan fingerprint density at radius 2 is 2.30 bits per heavy atom. The van der Waals surface area contributed by atoms with E-state index in [1.54, 1.807) is 6.07 Å². The number of nitrogens with two attached hydrogens (primary N) is 1. The first kappa shape index (κ1) is 15.0. The molecule has 20 heavy (non-hydrogen) atoms. The highest BCUT2D eigenvalue weighted by molar-refractivity contribution is 8.00. The molecule has 0 saturated carbocycles. The monoisotopic (exact) mass is 293 g/mol. The van der Waals surface area contributed by atoms with E-state index in [4.69, 9.17) is 5.73 Å². The maximum atomic E-state index is 11.7. The van der Waals surface area contributed by atoms with Gasteiger partial charge in [0, 0.05) is 23.4 Å². The number of benzene rings is 1. The maximum Gasteiger partial charge on any atom is 0.251 e. The maximum absolute atomic E-state index is 11.7. The summed E-state index contributed by atoms with van der Waals surface area (Å²) in [4.78, 5) is 11.7. The molecule has 1 aromatic carbocycles. The molecule has 1 aliphatic rings. The Balaban J connectivity index is 2.00. The highest BCUT2D eigenvalue weighted by atomic mass is 32.2. The Hall–Kier alpha value is -1.36. The lowest BCUT2D eigenvalue weighted by atomic mass is 10.1. The van der Waals surface area contributed by atoms with Crippen LogP contribution >= 0.6 is 11.8 Å². The van der Waals surface area contributed by atoms with Crippen molar-refractivity contribution in [2.45, 2.75) is 31.4 Å². The molecule has 0 spiro atoms. The van der Waals surface area contributed by atoms with Gasteiger partial charge < -0.3 is 16.4 Å². The Labute approximate surface area is 124 Å². The standard InChI is InChI=1S/C15H23N3OS/c1-3-17-14(19)11-5-6-13(12(16)9-11)18-10-15(2)7-4-8-20-15/h5-6,9,18H,3-4,7-8,10,16H2,1-2H3,(H,17,19). The fraction of sp³-hybridized carbons (Fsp3) is 0.533. The van der Waals surface area contributed by atoms with Gasteiger partial charge in [-0.05, 0) is 50.6 Å². The smallest absolute Gasteiger partial charge is 0.251 e. The van der Waals surface area contributed by atoms with Crippen LogP contribution in [0.5, 0.6) is 0 Å². The van der Waals surface area contributed by atoms with Gasteiger partial charge in [-0.1, -0.05) is 0 Å². The molecule has 0 aromatic heterocycles. The van der Waals surface area contributed by atoms with Crippen molar-refractivity contribution in [1.29, 1.82) is 0 Å². The van der Waals surface area contributed by atoms with Crippen molar-refractivity contribution in [3.63, 3.8) is 0 Å². The molecule has 1 aliphatic heterocycles. The SMILES string of the molecule is CCNC(=O)c1ccc(NCC2(C)CCCS2)c(N)c1. The van der Waals surface area contributed by atoms with Gasteiger partial charge in [-0.25, -0.2) is 0 Å². The summed E-state index contributed by atoms with van der Waals surface area (Å²) < 4.78 is 0.296. The molecule has 4 nitrogen and oxygen atoms in total. The van der Waals surface area contributed by atoms with E-state index in [1.165, 1.54) is 18.6 Å². The summed E-state index contributed by atoms with van der Waals surface area (Å²) >= 11 is 2.02. The van der Waals surface area contributed by atoms with Gasteiger partial charge in [0.05, 0.1) is 11.4 Å². The summed E-state index contributed by atoms with van der Waals surface area (Å²) in [6.07, 6.45) is 2.52. The van der Waals surface area contributed by atoms with Crippen molar-refractivity contribution >= 4 is 29.0 Å². The van der Waals surface area contributed by atoms with Crippen molar-refractivity contribution < 1.29 is 4.79 Å². The number of thioether (sulfide) groups is 1. The van der Waals surface area contributed by atoms with Gasteiger partial charge in [0.15, 0.2) is 0 Å². The zero-order valence-corrected chi connectivity index (χ0v) is 13.0. The van der Waals surface area contributed by atoms with E-state index < -0.39 is 0 Å². The number of nitrogen functional groups attached to an aromatic ring is 1. The first-order chi connectivity index (χ1) is 9.54. The second-order valence-electron chi connectivity index (χ2n) is 5.42. The van der Waals surface area contributed by atoms with Crippen LogP contribution in [0.2, 0.25) is 0 Å². The minimum atomic E-state index is -0.0796. The molecule has 0 radical (unpaired) electrons. The Morgan fingerprint density at radius 1 is 1.50 bits per heavy atom. The summed E-state index contributed by atoms with van der Waals surface area (Å²) in [5.74, 6) is 1.16. The molecule has 1 amide bonds. The number of anilines is 2. The summed E-state index contributed by atoms with van der Waals surface area (Å²) in [7, 11) is 0. The fourth-order valence-corrected chi connectivity index (χ4v) is 3.63. The molecule has 1 atom stereocenters. The third kappa shape index (κ3) is 3.60. The van der Waals surface area contributed by atoms with Crippen LogP contribution < -0.4 is 16.4 Å². The summed E-state index contributed by atoms with van der Waals surface area (Å²) in [5.41, 5.74) is 8.18. The van der Waals surface area contributed by atoms with Crippen LogP contribution in [0.25, 0.3) is 0 Å². The molecule has 1 fully saturated rings. The lowest BCUT2D eigenvalue weighted by Crippen LogP contribution is -2.27. The van der Waals surface area contributed by atoms with Crippen LogP contribution in [0.15, 0.2) is 18.2 Å². The molecular formula is C15H23N3OS. The largest absolute Gasteiger partial charge is 0.397 e. The van der Waals surface area contributed by atoms with Crippen LogP contribution in [-0.2, 0) is 0 Å². The number of rotatable bonds is 5. The highest BCUT2D eigenvalue weighted by Crippen LogP contribution is 2.38. The van der Waals surface area contributed by atoms with Crippen molar-refractivity contribution in [2.75, 3.05) is 29.9 Å². The average molecular weight is 293 g/mol. The number of hydrogen-bond donors (Lipinski definition) is 3. The van der Waals surface area contributed by atoms with Crippen LogP contribution in [0.1, 0.15) is 37.0 Å². The molecule has 0 aliphatic carbocycles. The third-order valence-electron chi connectivity index (χ3n) is 3.60. The number of carbonyl (C=O) groups is 1. The van der Waals surface area contributed by atoms with Crippen LogP contribution in [0.4, 0.5) is 11.4 Å². The number of amides is 1. The topological polar surface area (TPSA) is 67.2 Å². The number of hydrogen-bond acceptors (Lipinski definition) is 4. The first-order valence-electron chi connectivity index (χ1n) is 7.09. The van der Waals surface area contributed by atoms with Gasteiger partial charge >= 0.3 is 0 Å². The van der Waals surface area contributed by atoms with Crippen molar-refractivity contribution in [3.8, 4) is 0 Å². The Kier molecular flexibility index (Phi) is 4.81. The van der Waals surface area contributed by atoms with Gasteiger partial charge in [-0.15, -0.1) is 0 Å². The summed E-state index contributed by atoms with van der Waals surface area (Å²) in [5, 5.41) is 6.19. The second-order valence-corrected chi connectivity index (χ2v) is 7.10. The predicted octanol–water partition coefficient (Wildman–Crippen LogP) is 2.72. The fourth-order valence-electron chi connectivity index (χ4n) is 2.39. The first-order valence-corrected chi connectivity index (χ1v) is 8.08. The average Bonchev–Trinajstić information content (AvgIpc) is 2.85. The van der Waals surface area contributed by atoms with Gasteiger partial charge in [-0.3, -0.25) is 4.79 Å². The normalized spacial score (nSPS) is 21.7. The lowest BCUT2D eigenvalue weighted by molar-refractivity contribution is 0.0956. The predicted molar refractivity (Wildman–Crippen MR) is 87.4 cm³/mol. The van der Waals surface area contributed by atoms with Gasteiger partial charge in [0.25, 0.3) is 5.91 Å². The minimum absolute atomic E-state index is 0.0796. The van der Waals surface area contributed by atoms with Gasteiger partial charge in [-0.2, -0.15) is 11.8 Å². The Bertz CT molecular complexity index is 484. The Morgan fingerprint density at radius 3 is 2.90 bits per heavy atom. The number of nitrogens with one attached hydrogen (secondary N) is 2. The minimum Gasteiger partial charge on any atom is -0.397 e. The molecular weight excluding hydrogens is 270 g/mol. The highest BCUT2D eigenvalue weighted by Gasteiger charge is 2.29. The molecule has 4 N–H and O–H groups in total. The second kappa shape index (κ2) is 6.39. The van der Waals surface area contributed by atoms with Gasteiger partial charge in [0.1, 0.15) is 0 Å². The molecule has 2 rings (SSSR count). The van der Waals surface area contributed by atoms with Crippen LogP contribution in [0, 0.1) is 0 Å². The van der Waals surface area contributed by atoms with E-state index in [1.807, 2.05) is 30.8 Å². The zero-order valence-electron chi connectivity index (χ0n) is 12.2. The van der Waals surface area contributed by atoms with E-state index in [0.717, 1.165) is 12.2 Å². The van der Waals surface area contributed by atoms with E-state index in [0.29, 0.717) is 22.5 Å². The van der Waals surface area contributed by atoms with Crippen LogP contribution in [0.3, 0.4) is 0 Å². The third-order valence-corrected chi connectivity index (χ3v) is 5.14. The molecule has 1 heterocycles. The number of carbonyl (C=O) groups excluding carboxylic acids is 1. The van der Waals surface area contributed by atoms with Crippen molar-refractivity contribution in [1.82, 2.24) is 5.32 Å². The lowest BCUT2D eigenvalue weighted by Gasteiger charge is -2.24. The van der Waals surface area contributed by atoms with E-state index in [-0.39, 0.29) is 5.91 Å². The molecule has 0 bridgehead atoms. The molecule has 110 valence electrons. The quantitative estimate of drug-likeness (QED) is 0.730. The summed E-state index contributed by atoms with van der Waals surface area (Å²) in [6, 6.07) is 5.44. The van der Waals surface area contributed by atoms with E-state index in [9.17, 15) is 4.79 Å². The molecule has 1 saturated heterocycles. The molecule has 5 heteroatoms. The van der Waals surface area contributed by atoms with Crippen LogP contribution in [-0.4, -0.2) is 29.5 Å². The summed E-state index contributed by atoms with van der Waals surface area (Å²) in [6.45, 7) is 5.71. The zero-order chi connectivity index (χ0) is 14.6. The van der Waals surface area contributed by atoms with Gasteiger partial charge in [0.2, 0.25) is 0 Å². The molecule has 1 unspecified atom stereocenters. The van der Waals surface area contributed by atoms with Crippen molar-refractivity contribution in [2.24, 2.45) is 0 Å². The van der Waals surface area contributed by atoms with E-state index >= 15 is 0 Å². The van der Waals surface area contributed by atoms with Crippen molar-refractivity contribution in [3.05, 3.63) is 23.8 Å². The molecule has 1 aromatic rings.